The predicted octanol–water partition coefficient (Wildman–Crippen LogP) is 4.93. The van der Waals surface area contributed by atoms with Gasteiger partial charge in [0.2, 0.25) is 5.91 Å². The predicted molar refractivity (Wildman–Crippen MR) is 112 cm³/mol. The Morgan fingerprint density at radius 1 is 1.06 bits per heavy atom. The molecular formula is C23H19F6N3O3. The summed E-state index contributed by atoms with van der Waals surface area (Å²) in [4.78, 5) is 31.7. The van der Waals surface area contributed by atoms with Crippen LogP contribution in [0.3, 0.4) is 0 Å². The lowest BCUT2D eigenvalue weighted by molar-refractivity contribution is -0.274. The first-order valence-electron chi connectivity index (χ1n) is 10.7. The highest BCUT2D eigenvalue weighted by Gasteiger charge is 2.48. The Bertz CT molecular complexity index is 1170. The van der Waals surface area contributed by atoms with Gasteiger partial charge in [-0.25, -0.2) is 13.2 Å². The van der Waals surface area contributed by atoms with Crippen LogP contribution in [0.5, 0.6) is 5.75 Å². The number of hydrogen-bond acceptors (Lipinski definition) is 4. The van der Waals surface area contributed by atoms with Gasteiger partial charge in [0.15, 0.2) is 11.6 Å². The minimum absolute atomic E-state index is 0.0405. The molecule has 1 aliphatic heterocycles. The summed E-state index contributed by atoms with van der Waals surface area (Å²) >= 11 is 0. The van der Waals surface area contributed by atoms with E-state index in [4.69, 9.17) is 0 Å². The minimum atomic E-state index is -4.87. The number of benzene rings is 2. The van der Waals surface area contributed by atoms with Crippen molar-refractivity contribution < 1.29 is 40.7 Å². The maximum atomic E-state index is 14.0. The average molecular weight is 499 g/mol. The quantitative estimate of drug-likeness (QED) is 0.469. The normalized spacial score (nSPS) is 17.5. The van der Waals surface area contributed by atoms with Gasteiger partial charge in [-0.2, -0.15) is 0 Å². The number of amides is 2. The van der Waals surface area contributed by atoms with E-state index in [2.05, 4.69) is 15.0 Å². The fourth-order valence-corrected chi connectivity index (χ4v) is 4.33. The molecule has 2 aromatic rings. The Morgan fingerprint density at radius 2 is 1.71 bits per heavy atom. The molecule has 35 heavy (non-hydrogen) atoms. The van der Waals surface area contributed by atoms with Crippen molar-refractivity contribution in [3.8, 4) is 5.75 Å². The smallest absolute Gasteiger partial charge is 0.406 e. The van der Waals surface area contributed by atoms with Crippen LogP contribution in [0.1, 0.15) is 37.7 Å². The van der Waals surface area contributed by atoms with E-state index in [0.29, 0.717) is 37.8 Å². The van der Waals surface area contributed by atoms with E-state index in [-0.39, 0.29) is 11.3 Å². The van der Waals surface area contributed by atoms with Gasteiger partial charge >= 0.3 is 6.36 Å². The second kappa shape index (κ2) is 9.23. The van der Waals surface area contributed by atoms with Gasteiger partial charge in [-0.1, -0.05) is 6.42 Å². The lowest BCUT2D eigenvalue weighted by Crippen LogP contribution is -2.51. The Labute approximate surface area is 195 Å². The van der Waals surface area contributed by atoms with Crippen LogP contribution in [0.25, 0.3) is 0 Å². The summed E-state index contributed by atoms with van der Waals surface area (Å²) in [6, 6.07) is 5.54. The number of nitrogens with zero attached hydrogens (tertiary/aromatic N) is 2. The number of aliphatic imine (C=N–C) groups is 1. The molecule has 2 amide bonds. The summed E-state index contributed by atoms with van der Waals surface area (Å²) < 4.78 is 82.0. The molecule has 4 rings (SSSR count). The highest BCUT2D eigenvalue weighted by Crippen LogP contribution is 2.40. The molecular weight excluding hydrogens is 480 g/mol. The van der Waals surface area contributed by atoms with E-state index in [0.717, 1.165) is 18.6 Å². The van der Waals surface area contributed by atoms with E-state index in [1.165, 1.54) is 17.0 Å². The van der Waals surface area contributed by atoms with Gasteiger partial charge in [-0.15, -0.1) is 13.2 Å². The van der Waals surface area contributed by atoms with Gasteiger partial charge in [0.1, 0.15) is 29.5 Å². The lowest BCUT2D eigenvalue weighted by atomic mass is 9.88. The largest absolute Gasteiger partial charge is 0.573 e. The third kappa shape index (κ3) is 5.25. The van der Waals surface area contributed by atoms with E-state index >= 15 is 0 Å². The number of carbonyl (C=O) groups is 2. The molecule has 2 aromatic carbocycles. The van der Waals surface area contributed by atoms with Crippen LogP contribution in [0, 0.1) is 17.5 Å². The molecule has 1 aliphatic carbocycles. The molecule has 2 aliphatic rings. The van der Waals surface area contributed by atoms with Crippen LogP contribution < -0.4 is 10.1 Å². The van der Waals surface area contributed by atoms with Crippen LogP contribution in [0.15, 0.2) is 41.4 Å². The Morgan fingerprint density at radius 3 is 2.34 bits per heavy atom. The summed E-state index contributed by atoms with van der Waals surface area (Å²) in [6.45, 7) is -0.571. The molecule has 1 spiro atoms. The molecule has 1 heterocycles. The minimum Gasteiger partial charge on any atom is -0.406 e. The van der Waals surface area contributed by atoms with Crippen molar-refractivity contribution in [3.63, 3.8) is 0 Å². The molecule has 0 aromatic heterocycles. The fourth-order valence-electron chi connectivity index (χ4n) is 4.33. The maximum Gasteiger partial charge on any atom is 0.573 e. The Kier molecular flexibility index (Phi) is 6.48. The number of anilines is 1. The number of ether oxygens (including phenoxy) is 1. The third-order valence-corrected chi connectivity index (χ3v) is 5.85. The monoisotopic (exact) mass is 499 g/mol. The topological polar surface area (TPSA) is 71.0 Å². The highest BCUT2D eigenvalue weighted by atomic mass is 19.4. The second-order valence-electron chi connectivity index (χ2n) is 8.26. The molecule has 0 radical (unpaired) electrons. The average Bonchev–Trinajstić information content (AvgIpc) is 3.03. The lowest BCUT2D eigenvalue weighted by Gasteiger charge is -2.38. The standard InChI is InChI=1S/C23H19F6N3O3/c24-14-10-16(25)19(26)17(11-14)30-18(33)12-32-21(34)20(31-22(32)8-2-1-3-9-22)13-4-6-15(7-5-13)35-23(27,28)29/h4-7,10-11H,1-3,8-9,12H2,(H,30,33). The summed E-state index contributed by atoms with van der Waals surface area (Å²) in [7, 11) is 0. The van der Waals surface area contributed by atoms with Crippen LogP contribution in [0.2, 0.25) is 0 Å². The molecule has 0 saturated heterocycles. The Hall–Kier alpha value is -3.57. The molecule has 0 atom stereocenters. The molecule has 1 fully saturated rings. The zero-order valence-electron chi connectivity index (χ0n) is 18.1. The molecule has 1 N–H and O–H groups in total. The molecule has 0 unspecified atom stereocenters. The molecule has 6 nitrogen and oxygen atoms in total. The number of carbonyl (C=O) groups excluding carboxylic acids is 2. The summed E-state index contributed by atoms with van der Waals surface area (Å²) in [5, 5.41) is 2.08. The number of alkyl halides is 3. The van der Waals surface area contributed by atoms with E-state index in [9.17, 15) is 35.9 Å². The van der Waals surface area contributed by atoms with Gasteiger partial charge in [0, 0.05) is 17.7 Å². The van der Waals surface area contributed by atoms with Crippen molar-refractivity contribution in [3.05, 3.63) is 59.4 Å². The van der Waals surface area contributed by atoms with E-state index < -0.39 is 59.3 Å². The van der Waals surface area contributed by atoms with Crippen molar-refractivity contribution in [1.82, 2.24) is 4.90 Å². The fraction of sp³-hybridized carbons (Fsp3) is 0.348. The number of hydrogen-bond donors (Lipinski definition) is 1. The van der Waals surface area contributed by atoms with Crippen molar-refractivity contribution in [1.29, 1.82) is 0 Å². The second-order valence-corrected chi connectivity index (χ2v) is 8.26. The van der Waals surface area contributed by atoms with Crippen LogP contribution in [-0.2, 0) is 9.59 Å². The van der Waals surface area contributed by atoms with Gasteiger partial charge in [-0.05, 0) is 49.9 Å². The van der Waals surface area contributed by atoms with Crippen LogP contribution >= 0.6 is 0 Å². The highest BCUT2D eigenvalue weighted by molar-refractivity contribution is 6.47. The zero-order chi connectivity index (χ0) is 25.4. The number of halogens is 6. The number of nitrogens with one attached hydrogen (secondary N) is 1. The van der Waals surface area contributed by atoms with Crippen molar-refractivity contribution in [2.24, 2.45) is 4.99 Å². The van der Waals surface area contributed by atoms with Gasteiger partial charge < -0.3 is 15.0 Å². The molecule has 186 valence electrons. The van der Waals surface area contributed by atoms with Crippen molar-refractivity contribution >= 4 is 23.2 Å². The van der Waals surface area contributed by atoms with Crippen LogP contribution in [-0.4, -0.2) is 41.0 Å². The van der Waals surface area contributed by atoms with Crippen LogP contribution in [0.4, 0.5) is 32.0 Å². The molecule has 1 saturated carbocycles. The maximum absolute atomic E-state index is 14.0. The van der Waals surface area contributed by atoms with Gasteiger partial charge in [0.25, 0.3) is 5.91 Å². The van der Waals surface area contributed by atoms with Gasteiger partial charge in [0.05, 0.1) is 5.69 Å². The first-order valence-corrected chi connectivity index (χ1v) is 10.7. The first kappa shape index (κ1) is 24.6. The van der Waals surface area contributed by atoms with Crippen molar-refractivity contribution in [2.45, 2.75) is 44.1 Å². The van der Waals surface area contributed by atoms with E-state index in [1.807, 2.05) is 0 Å². The summed E-state index contributed by atoms with van der Waals surface area (Å²) in [5.74, 6) is -6.03. The summed E-state index contributed by atoms with van der Waals surface area (Å²) in [5.41, 5.74) is -1.58. The summed E-state index contributed by atoms with van der Waals surface area (Å²) in [6.07, 6.45) is -1.68. The SMILES string of the molecule is O=C(CN1C(=O)C(c2ccc(OC(F)(F)F)cc2)=NC12CCCCC2)Nc1cc(F)cc(F)c1F. The van der Waals surface area contributed by atoms with Gasteiger partial charge in [-0.3, -0.25) is 14.6 Å². The first-order chi connectivity index (χ1) is 16.5. The van der Waals surface area contributed by atoms with E-state index in [1.54, 1.807) is 0 Å². The third-order valence-electron chi connectivity index (χ3n) is 5.85. The van der Waals surface area contributed by atoms with Crippen molar-refractivity contribution in [2.75, 3.05) is 11.9 Å². The molecule has 12 heteroatoms. The number of rotatable bonds is 5. The zero-order valence-corrected chi connectivity index (χ0v) is 18.1. The molecule has 0 bridgehead atoms. The Balaban J connectivity index is 1.57.